The molecule has 2 rings (SSSR count). The van der Waals surface area contributed by atoms with Gasteiger partial charge in [0.2, 0.25) is 0 Å². The summed E-state index contributed by atoms with van der Waals surface area (Å²) in [5, 5.41) is 0. The van der Waals surface area contributed by atoms with E-state index in [9.17, 15) is 4.79 Å². The summed E-state index contributed by atoms with van der Waals surface area (Å²) in [4.78, 5) is 15.4. The maximum atomic E-state index is 11.3. The fourth-order valence-electron chi connectivity index (χ4n) is 1.70. The van der Waals surface area contributed by atoms with Crippen LogP contribution in [0.15, 0.2) is 4.99 Å². The molecular weight excluding hydrogens is 182 g/mol. The Morgan fingerprint density at radius 3 is 2.57 bits per heavy atom. The highest BCUT2D eigenvalue weighted by atomic mass is 16.7. The summed E-state index contributed by atoms with van der Waals surface area (Å²) in [6, 6.07) is 0. The monoisotopic (exact) mass is 197 g/mol. The number of hydrogen-bond donors (Lipinski definition) is 0. The van der Waals surface area contributed by atoms with Crippen LogP contribution in [0.4, 0.5) is 0 Å². The van der Waals surface area contributed by atoms with Crippen LogP contribution in [0.2, 0.25) is 0 Å². The van der Waals surface area contributed by atoms with Crippen LogP contribution < -0.4 is 0 Å². The number of cyclic esters (lactones) is 1. The van der Waals surface area contributed by atoms with Crippen molar-refractivity contribution in [2.45, 2.75) is 51.2 Å². The van der Waals surface area contributed by atoms with E-state index in [0.29, 0.717) is 0 Å². The zero-order valence-corrected chi connectivity index (χ0v) is 8.58. The Kier molecular flexibility index (Phi) is 2.21. The molecule has 1 saturated carbocycles. The van der Waals surface area contributed by atoms with Crippen LogP contribution >= 0.6 is 0 Å². The van der Waals surface area contributed by atoms with Gasteiger partial charge in [0.05, 0.1) is 0 Å². The molecule has 1 aliphatic carbocycles. The van der Waals surface area contributed by atoms with Gasteiger partial charge in [-0.15, -0.1) is 0 Å². The van der Waals surface area contributed by atoms with E-state index in [1.54, 1.807) is 13.8 Å². The van der Waals surface area contributed by atoms with Crippen molar-refractivity contribution in [1.29, 1.82) is 0 Å². The van der Waals surface area contributed by atoms with Crippen molar-refractivity contribution in [3.05, 3.63) is 0 Å². The van der Waals surface area contributed by atoms with Gasteiger partial charge in [0.15, 0.2) is 5.54 Å². The highest BCUT2D eigenvalue weighted by Crippen LogP contribution is 2.25. The lowest BCUT2D eigenvalue weighted by atomic mass is 10.1. The molecule has 2 aliphatic rings. The minimum Gasteiger partial charge on any atom is -0.447 e. The molecule has 0 spiro atoms. The number of carbonyl (C=O) groups is 1. The highest BCUT2D eigenvalue weighted by molar-refractivity contribution is 5.96. The number of hydrogen-bond acceptors (Lipinski definition) is 4. The number of nitrogens with zero attached hydrogens (tertiary/aromatic N) is 1. The smallest absolute Gasteiger partial charge is 0.392 e. The van der Waals surface area contributed by atoms with Gasteiger partial charge >= 0.3 is 12.1 Å². The number of esters is 1. The number of carbonyl (C=O) groups excluding carboxylic acids is 1. The van der Waals surface area contributed by atoms with E-state index in [4.69, 9.17) is 9.47 Å². The first-order valence-electron chi connectivity index (χ1n) is 5.07. The maximum absolute atomic E-state index is 11.3. The van der Waals surface area contributed by atoms with Crippen molar-refractivity contribution >= 4 is 12.1 Å². The molecule has 4 heteroatoms. The molecule has 4 nitrogen and oxygen atoms in total. The summed E-state index contributed by atoms with van der Waals surface area (Å²) < 4.78 is 10.4. The first-order chi connectivity index (χ1) is 6.58. The van der Waals surface area contributed by atoms with Crippen molar-refractivity contribution in [3.63, 3.8) is 0 Å². The average molecular weight is 197 g/mol. The molecule has 78 valence electrons. The van der Waals surface area contributed by atoms with Gasteiger partial charge in [-0.3, -0.25) is 0 Å². The standard InChI is InChI=1S/C10H15NO3/c1-10(2)8(12)14-9(11-10)13-7-5-3-4-6-7/h7H,3-6H2,1-2H3. The van der Waals surface area contributed by atoms with Gasteiger partial charge in [0.25, 0.3) is 0 Å². The van der Waals surface area contributed by atoms with E-state index in [-0.39, 0.29) is 18.2 Å². The Hall–Kier alpha value is -1.06. The van der Waals surface area contributed by atoms with Gasteiger partial charge in [0.1, 0.15) is 6.10 Å². The molecular formula is C10H15NO3. The molecule has 0 aromatic heterocycles. The van der Waals surface area contributed by atoms with Crippen LogP contribution in [0.3, 0.4) is 0 Å². The van der Waals surface area contributed by atoms with Crippen molar-refractivity contribution in [2.75, 3.05) is 0 Å². The highest BCUT2D eigenvalue weighted by Gasteiger charge is 2.39. The van der Waals surface area contributed by atoms with Crippen LogP contribution in [-0.4, -0.2) is 23.7 Å². The second-order valence-electron chi connectivity index (χ2n) is 4.35. The van der Waals surface area contributed by atoms with Crippen LogP contribution in [0.1, 0.15) is 39.5 Å². The Balaban J connectivity index is 1.96. The topological polar surface area (TPSA) is 47.9 Å². The van der Waals surface area contributed by atoms with Crippen molar-refractivity contribution < 1.29 is 14.3 Å². The minimum absolute atomic E-state index is 0.159. The van der Waals surface area contributed by atoms with Crippen LogP contribution in [-0.2, 0) is 14.3 Å². The number of ether oxygens (including phenoxy) is 2. The van der Waals surface area contributed by atoms with Crippen molar-refractivity contribution in [2.24, 2.45) is 4.99 Å². The fraction of sp³-hybridized carbons (Fsp3) is 0.800. The van der Waals surface area contributed by atoms with Gasteiger partial charge < -0.3 is 9.47 Å². The summed E-state index contributed by atoms with van der Waals surface area (Å²) in [5.74, 6) is -0.328. The normalized spacial score (nSPS) is 26.1. The molecule has 0 unspecified atom stereocenters. The summed E-state index contributed by atoms with van der Waals surface area (Å²) in [5.41, 5.74) is -0.770. The Morgan fingerprint density at radius 2 is 2.07 bits per heavy atom. The van der Waals surface area contributed by atoms with Crippen molar-refractivity contribution in [3.8, 4) is 0 Å². The first kappa shape index (κ1) is 9.49. The second-order valence-corrected chi connectivity index (χ2v) is 4.35. The predicted molar refractivity (Wildman–Crippen MR) is 50.9 cm³/mol. The van der Waals surface area contributed by atoms with E-state index in [0.717, 1.165) is 12.8 Å². The third kappa shape index (κ3) is 1.74. The zero-order valence-electron chi connectivity index (χ0n) is 8.58. The lowest BCUT2D eigenvalue weighted by Gasteiger charge is -2.09. The first-order valence-corrected chi connectivity index (χ1v) is 5.07. The van der Waals surface area contributed by atoms with Gasteiger partial charge in [0, 0.05) is 0 Å². The van der Waals surface area contributed by atoms with E-state index in [1.165, 1.54) is 12.8 Å². The molecule has 1 fully saturated rings. The minimum atomic E-state index is -0.770. The van der Waals surface area contributed by atoms with Gasteiger partial charge in [-0.05, 0) is 39.5 Å². The van der Waals surface area contributed by atoms with Gasteiger partial charge in [-0.2, -0.15) is 4.99 Å². The lowest BCUT2D eigenvalue weighted by Crippen LogP contribution is -2.25. The summed E-state index contributed by atoms with van der Waals surface area (Å²) >= 11 is 0. The molecule has 0 radical (unpaired) electrons. The summed E-state index contributed by atoms with van der Waals surface area (Å²) in [7, 11) is 0. The number of aliphatic imine (C=N–C) groups is 1. The van der Waals surface area contributed by atoms with Gasteiger partial charge in [-0.1, -0.05) is 0 Å². The van der Waals surface area contributed by atoms with E-state index in [2.05, 4.69) is 4.99 Å². The molecule has 0 atom stereocenters. The summed E-state index contributed by atoms with van der Waals surface area (Å²) in [6.07, 6.45) is 4.81. The lowest BCUT2D eigenvalue weighted by molar-refractivity contribution is -0.139. The molecule has 0 amide bonds. The number of rotatable bonds is 1. The quantitative estimate of drug-likeness (QED) is 0.600. The average Bonchev–Trinajstić information content (AvgIpc) is 2.62. The molecule has 0 bridgehead atoms. The molecule has 14 heavy (non-hydrogen) atoms. The zero-order chi connectivity index (χ0) is 10.2. The molecule has 0 saturated heterocycles. The summed E-state index contributed by atoms with van der Waals surface area (Å²) in [6.45, 7) is 3.45. The van der Waals surface area contributed by atoms with Crippen molar-refractivity contribution in [1.82, 2.24) is 0 Å². The van der Waals surface area contributed by atoms with Gasteiger partial charge in [-0.25, -0.2) is 4.79 Å². The Bertz CT molecular complexity index is 277. The molecule has 0 N–H and O–H groups in total. The van der Waals surface area contributed by atoms with E-state index >= 15 is 0 Å². The largest absolute Gasteiger partial charge is 0.447 e. The van der Waals surface area contributed by atoms with E-state index in [1.807, 2.05) is 0 Å². The predicted octanol–water partition coefficient (Wildman–Crippen LogP) is 1.64. The third-order valence-corrected chi connectivity index (χ3v) is 2.62. The van der Waals surface area contributed by atoms with Crippen LogP contribution in [0, 0.1) is 0 Å². The van der Waals surface area contributed by atoms with E-state index < -0.39 is 5.54 Å². The van der Waals surface area contributed by atoms with Crippen LogP contribution in [0.25, 0.3) is 0 Å². The molecule has 1 heterocycles. The Labute approximate surface area is 83.3 Å². The molecule has 0 aromatic rings. The fourth-order valence-corrected chi connectivity index (χ4v) is 1.70. The third-order valence-electron chi connectivity index (χ3n) is 2.62. The molecule has 1 aliphatic heterocycles. The second kappa shape index (κ2) is 3.26. The Morgan fingerprint density at radius 1 is 1.43 bits per heavy atom. The SMILES string of the molecule is CC1(C)N=C(OC2CCCC2)OC1=O. The maximum Gasteiger partial charge on any atom is 0.392 e. The molecule has 0 aromatic carbocycles. The van der Waals surface area contributed by atoms with Crippen LogP contribution in [0.5, 0.6) is 0 Å².